The number of fused-ring (bicyclic) bond motifs is 2. The Morgan fingerprint density at radius 2 is 1.75 bits per heavy atom. The van der Waals surface area contributed by atoms with Crippen molar-refractivity contribution >= 4 is 23.3 Å². The topological polar surface area (TPSA) is 84.9 Å². The Hall–Kier alpha value is -4.13. The predicted octanol–water partition coefficient (Wildman–Crippen LogP) is 3.94. The van der Waals surface area contributed by atoms with Crippen LogP contribution in [-0.2, 0) is 20.8 Å². The second-order valence-electron chi connectivity index (χ2n) is 9.16. The molecule has 2 aliphatic heterocycles. The first-order chi connectivity index (χ1) is 17.4. The molecule has 1 unspecified atom stereocenters. The van der Waals surface area contributed by atoms with E-state index in [9.17, 15) is 14.4 Å². The first-order valence-corrected chi connectivity index (χ1v) is 12.1. The van der Waals surface area contributed by atoms with Crippen LogP contribution >= 0.6 is 0 Å². The number of para-hydroxylation sites is 1. The number of nitrogens with zero attached hydrogens (tertiary/aromatic N) is 1. The van der Waals surface area contributed by atoms with Gasteiger partial charge in [0.1, 0.15) is 17.5 Å². The molecule has 1 fully saturated rings. The smallest absolute Gasteiger partial charge is 0.252 e. The number of anilines is 1. The van der Waals surface area contributed by atoms with Gasteiger partial charge in [0, 0.05) is 25.5 Å². The van der Waals surface area contributed by atoms with Crippen LogP contribution < -0.4 is 19.7 Å². The molecule has 2 aromatic carbocycles. The van der Waals surface area contributed by atoms with E-state index >= 15 is 0 Å². The van der Waals surface area contributed by atoms with Gasteiger partial charge in [-0.05, 0) is 59.5 Å². The maximum absolute atomic E-state index is 12.8. The molecule has 0 aromatic heterocycles. The Morgan fingerprint density at radius 1 is 1.03 bits per heavy atom. The van der Waals surface area contributed by atoms with Crippen LogP contribution in [0.3, 0.4) is 0 Å². The normalized spacial score (nSPS) is 20.2. The summed E-state index contributed by atoms with van der Waals surface area (Å²) in [5, 5.41) is 2.71. The van der Waals surface area contributed by atoms with Crippen LogP contribution in [0, 0.1) is 0 Å². The average Bonchev–Trinajstić information content (AvgIpc) is 3.27. The van der Waals surface area contributed by atoms with E-state index in [1.165, 1.54) is 18.1 Å². The summed E-state index contributed by atoms with van der Waals surface area (Å²) in [4.78, 5) is 38.6. The molecule has 0 bridgehead atoms. The van der Waals surface area contributed by atoms with Gasteiger partial charge in [0.25, 0.3) is 5.91 Å². The summed E-state index contributed by atoms with van der Waals surface area (Å²) in [6.07, 6.45) is 0.777. The van der Waals surface area contributed by atoms with Gasteiger partial charge in [-0.3, -0.25) is 14.4 Å². The van der Waals surface area contributed by atoms with Crippen molar-refractivity contribution in [3.63, 3.8) is 0 Å². The van der Waals surface area contributed by atoms with Crippen LogP contribution in [0.15, 0.2) is 72.8 Å². The number of hydrogen-bond donors (Lipinski definition) is 1. The van der Waals surface area contributed by atoms with Gasteiger partial charge in [0.2, 0.25) is 5.91 Å². The lowest BCUT2D eigenvalue weighted by Gasteiger charge is -2.47. The Labute approximate surface area is 210 Å². The molecule has 184 valence electrons. The van der Waals surface area contributed by atoms with Crippen LogP contribution in [0.4, 0.5) is 5.69 Å². The molecule has 0 radical (unpaired) electrons. The molecule has 2 heterocycles. The second kappa shape index (κ2) is 9.85. The number of amides is 2. The largest absolute Gasteiger partial charge is 0.497 e. The van der Waals surface area contributed by atoms with Crippen LogP contribution in [0.5, 0.6) is 11.5 Å². The molecular formula is C29H28N2O5. The maximum Gasteiger partial charge on any atom is 0.252 e. The third-order valence-electron chi connectivity index (χ3n) is 6.73. The fourth-order valence-corrected chi connectivity index (χ4v) is 4.77. The molecule has 1 N–H and O–H groups in total. The van der Waals surface area contributed by atoms with Gasteiger partial charge in [-0.1, -0.05) is 36.4 Å². The summed E-state index contributed by atoms with van der Waals surface area (Å²) in [5.41, 5.74) is 4.60. The van der Waals surface area contributed by atoms with Crippen LogP contribution in [-0.4, -0.2) is 42.9 Å². The number of Topliss-reactive ketones (excluding diaryl/α,β-unsaturated/α-hetero) is 1. The zero-order valence-electron chi connectivity index (χ0n) is 20.3. The Morgan fingerprint density at radius 3 is 2.33 bits per heavy atom. The molecule has 0 saturated carbocycles. The number of ketones is 1. The molecule has 2 aliphatic carbocycles. The second-order valence-corrected chi connectivity index (χ2v) is 9.16. The van der Waals surface area contributed by atoms with Crippen molar-refractivity contribution < 1.29 is 23.9 Å². The van der Waals surface area contributed by atoms with Gasteiger partial charge in [-0.2, -0.15) is 0 Å². The van der Waals surface area contributed by atoms with Gasteiger partial charge in [-0.25, -0.2) is 0 Å². The van der Waals surface area contributed by atoms with Crippen molar-refractivity contribution in [1.29, 1.82) is 0 Å². The summed E-state index contributed by atoms with van der Waals surface area (Å²) in [7, 11) is 1.58. The van der Waals surface area contributed by atoms with Gasteiger partial charge in [0.15, 0.2) is 11.9 Å². The fraction of sp³-hybridized carbons (Fsp3) is 0.276. The number of β-lactam (4-membered cyclic amide) rings is 1. The van der Waals surface area contributed by atoms with Crippen LogP contribution in [0.2, 0.25) is 0 Å². The zero-order chi connectivity index (χ0) is 25.2. The van der Waals surface area contributed by atoms with Crippen LogP contribution in [0.1, 0.15) is 25.3 Å². The fourth-order valence-electron chi connectivity index (χ4n) is 4.77. The highest BCUT2D eigenvalue weighted by molar-refractivity contribution is 6.07. The number of methoxy groups -OCH3 is 1. The molecule has 7 nitrogen and oxygen atoms in total. The minimum absolute atomic E-state index is 0.00167. The highest BCUT2D eigenvalue weighted by Gasteiger charge is 2.48. The Bertz CT molecular complexity index is 1260. The monoisotopic (exact) mass is 484 g/mol. The molecule has 4 aliphatic rings. The number of carbonyl (C=O) groups is 3. The summed E-state index contributed by atoms with van der Waals surface area (Å²) in [5.74, 6) is 0.994. The standard InChI is InChI=1S/C23H24N2O5.C6H4/c1-14(26)24-22-18(25(23(22)28)16-7-9-17(29-2)10-8-16)11-12-19(27)21-13-15-5-3-4-6-20(15)30-21;1-2-5-4-6(5)3-1/h3-10,18,21-22H,11-13H2,1-2H3,(H,24,26);1-4H/t18-,21?,22+;/m1./s1. The Kier molecular flexibility index (Phi) is 6.46. The van der Waals surface area contributed by atoms with E-state index in [-0.39, 0.29) is 30.1 Å². The van der Waals surface area contributed by atoms with Crippen molar-refractivity contribution in [2.45, 2.75) is 44.4 Å². The summed E-state index contributed by atoms with van der Waals surface area (Å²) < 4.78 is 11.0. The van der Waals surface area contributed by atoms with Crippen molar-refractivity contribution in [1.82, 2.24) is 5.32 Å². The summed E-state index contributed by atoms with van der Waals surface area (Å²) in [6, 6.07) is 22.4. The van der Waals surface area contributed by atoms with E-state index in [2.05, 4.69) is 29.6 Å². The van der Waals surface area contributed by atoms with Gasteiger partial charge in [-0.15, -0.1) is 0 Å². The SMILES string of the molecule is COc1ccc(N2C(=O)[C@@H](NC(C)=O)[C@H]2CCC(=O)C2Cc3ccccc3O2)cc1.c1cc2cc-2c1. The van der Waals surface area contributed by atoms with Crippen molar-refractivity contribution in [2.24, 2.45) is 0 Å². The molecule has 7 heteroatoms. The number of carbonyl (C=O) groups excluding carboxylic acids is 3. The first-order valence-electron chi connectivity index (χ1n) is 12.1. The number of hydrogen-bond acceptors (Lipinski definition) is 5. The number of rotatable bonds is 7. The minimum Gasteiger partial charge on any atom is -0.497 e. The van der Waals surface area contributed by atoms with Gasteiger partial charge < -0.3 is 19.7 Å². The lowest BCUT2D eigenvalue weighted by atomic mass is 9.88. The van der Waals surface area contributed by atoms with E-state index in [4.69, 9.17) is 9.47 Å². The van der Waals surface area contributed by atoms with Gasteiger partial charge in [0.05, 0.1) is 13.2 Å². The lowest BCUT2D eigenvalue weighted by molar-refractivity contribution is -0.133. The molecule has 6 rings (SSSR count). The van der Waals surface area contributed by atoms with E-state index in [1.54, 1.807) is 36.3 Å². The summed E-state index contributed by atoms with van der Waals surface area (Å²) >= 11 is 0. The third kappa shape index (κ3) is 4.82. The van der Waals surface area contributed by atoms with Crippen molar-refractivity contribution in [3.05, 3.63) is 78.4 Å². The quantitative estimate of drug-likeness (QED) is 0.402. The number of nitrogens with one attached hydrogen (secondary N) is 1. The molecule has 3 atom stereocenters. The molecule has 2 amide bonds. The van der Waals surface area contributed by atoms with Gasteiger partial charge >= 0.3 is 0 Å². The van der Waals surface area contributed by atoms with Crippen molar-refractivity contribution in [2.75, 3.05) is 12.0 Å². The molecule has 1 saturated heterocycles. The third-order valence-corrected chi connectivity index (χ3v) is 6.73. The highest BCUT2D eigenvalue weighted by atomic mass is 16.5. The molecule has 0 spiro atoms. The van der Waals surface area contributed by atoms with E-state index in [0.29, 0.717) is 24.3 Å². The van der Waals surface area contributed by atoms with Crippen molar-refractivity contribution in [3.8, 4) is 22.6 Å². The molecular weight excluding hydrogens is 456 g/mol. The van der Waals surface area contributed by atoms with E-state index in [1.807, 2.05) is 24.3 Å². The minimum atomic E-state index is -0.626. The van der Waals surface area contributed by atoms with Crippen LogP contribution in [0.25, 0.3) is 11.1 Å². The summed E-state index contributed by atoms with van der Waals surface area (Å²) in [6.45, 7) is 1.38. The first kappa shape index (κ1) is 23.6. The maximum atomic E-state index is 12.8. The zero-order valence-corrected chi connectivity index (χ0v) is 20.3. The molecule has 2 aromatic rings. The number of ether oxygens (including phenoxy) is 2. The number of benzene rings is 3. The Balaban J connectivity index is 0.000000382. The average molecular weight is 485 g/mol. The lowest BCUT2D eigenvalue weighted by Crippen LogP contribution is -2.71. The van der Waals surface area contributed by atoms with E-state index < -0.39 is 12.1 Å². The molecule has 36 heavy (non-hydrogen) atoms. The predicted molar refractivity (Wildman–Crippen MR) is 136 cm³/mol. The van der Waals surface area contributed by atoms with E-state index in [0.717, 1.165) is 11.3 Å². The highest BCUT2D eigenvalue weighted by Crippen LogP contribution is 2.34.